The number of amides is 1. The van der Waals surface area contributed by atoms with E-state index in [0.29, 0.717) is 25.5 Å². The van der Waals surface area contributed by atoms with E-state index in [9.17, 15) is 14.7 Å². The molecule has 1 amide bonds. The highest BCUT2D eigenvalue weighted by Crippen LogP contribution is 2.42. The predicted octanol–water partition coefficient (Wildman–Crippen LogP) is 3.26. The molecule has 1 saturated carbocycles. The van der Waals surface area contributed by atoms with Gasteiger partial charge in [0, 0.05) is 13.0 Å². The molecule has 1 aliphatic heterocycles. The number of nitrogens with zero attached hydrogens (tertiary/aromatic N) is 1. The first-order chi connectivity index (χ1) is 12.1. The van der Waals surface area contributed by atoms with E-state index in [-0.39, 0.29) is 11.8 Å². The Morgan fingerprint density at radius 3 is 2.88 bits per heavy atom. The zero-order valence-corrected chi connectivity index (χ0v) is 14.8. The van der Waals surface area contributed by atoms with Crippen molar-refractivity contribution >= 4 is 11.9 Å². The lowest BCUT2D eigenvalue weighted by Crippen LogP contribution is -2.43. The van der Waals surface area contributed by atoms with Crippen molar-refractivity contribution in [3.8, 4) is 5.75 Å². The van der Waals surface area contributed by atoms with Gasteiger partial charge in [0.1, 0.15) is 11.8 Å². The molecule has 3 atom stereocenters. The summed E-state index contributed by atoms with van der Waals surface area (Å²) < 4.78 is 5.70. The Morgan fingerprint density at radius 1 is 1.28 bits per heavy atom. The van der Waals surface area contributed by atoms with E-state index in [1.165, 1.54) is 0 Å². The minimum absolute atomic E-state index is 0.0163. The summed E-state index contributed by atoms with van der Waals surface area (Å²) >= 11 is 0. The van der Waals surface area contributed by atoms with Crippen LogP contribution in [0.5, 0.6) is 5.75 Å². The maximum absolute atomic E-state index is 12.5. The normalized spacial score (nSPS) is 25.0. The molecule has 0 aromatic heterocycles. The van der Waals surface area contributed by atoms with E-state index in [4.69, 9.17) is 4.74 Å². The molecule has 3 rings (SSSR count). The van der Waals surface area contributed by atoms with E-state index in [0.717, 1.165) is 43.4 Å². The van der Waals surface area contributed by atoms with E-state index in [1.807, 2.05) is 31.2 Å². The highest BCUT2D eigenvalue weighted by molar-refractivity contribution is 5.84. The number of carboxylic acid groups (broad SMARTS) is 1. The van der Waals surface area contributed by atoms with Gasteiger partial charge < -0.3 is 14.7 Å². The molecule has 5 nitrogen and oxygen atoms in total. The molecule has 1 aliphatic carbocycles. The summed E-state index contributed by atoms with van der Waals surface area (Å²) in [5.41, 5.74) is 1.16. The molecule has 3 unspecified atom stereocenters. The van der Waals surface area contributed by atoms with Gasteiger partial charge >= 0.3 is 5.97 Å². The zero-order valence-electron chi connectivity index (χ0n) is 14.8. The number of fused-ring (bicyclic) bond motifs is 1. The van der Waals surface area contributed by atoms with E-state index < -0.39 is 12.0 Å². The van der Waals surface area contributed by atoms with Gasteiger partial charge in [0.05, 0.1) is 6.61 Å². The standard InChI is InChI=1S/C20H27NO4/c1-14-6-4-8-16(12-14)25-11-3-2-10-18(22)21-13-15-7-5-9-17(15)19(21)20(23)24/h4,6,8,12,15,17,19H,2-3,5,7,9-11,13H2,1H3,(H,23,24). The van der Waals surface area contributed by atoms with Gasteiger partial charge in [0.15, 0.2) is 0 Å². The van der Waals surface area contributed by atoms with Crippen LogP contribution in [-0.4, -0.2) is 41.1 Å². The highest BCUT2D eigenvalue weighted by atomic mass is 16.5. The Balaban J connectivity index is 1.42. The lowest BCUT2D eigenvalue weighted by molar-refractivity contribution is -0.149. The monoisotopic (exact) mass is 345 g/mol. The van der Waals surface area contributed by atoms with Gasteiger partial charge in [-0.05, 0) is 62.1 Å². The Bertz CT molecular complexity index is 630. The average Bonchev–Trinajstić information content (AvgIpc) is 3.14. The van der Waals surface area contributed by atoms with Crippen LogP contribution in [0.1, 0.15) is 44.1 Å². The fraction of sp³-hybridized carbons (Fsp3) is 0.600. The van der Waals surface area contributed by atoms with Crippen molar-refractivity contribution in [2.24, 2.45) is 11.8 Å². The number of carbonyl (C=O) groups is 2. The summed E-state index contributed by atoms with van der Waals surface area (Å²) in [4.78, 5) is 25.7. The van der Waals surface area contributed by atoms with Crippen molar-refractivity contribution in [2.45, 2.75) is 51.5 Å². The topological polar surface area (TPSA) is 66.8 Å². The quantitative estimate of drug-likeness (QED) is 0.770. The van der Waals surface area contributed by atoms with Crippen molar-refractivity contribution in [1.29, 1.82) is 0 Å². The molecule has 1 saturated heterocycles. The number of benzene rings is 1. The van der Waals surface area contributed by atoms with Crippen molar-refractivity contribution < 1.29 is 19.4 Å². The summed E-state index contributed by atoms with van der Waals surface area (Å²) in [6, 6.07) is 7.30. The van der Waals surface area contributed by atoms with Gasteiger partial charge in [0.2, 0.25) is 5.91 Å². The van der Waals surface area contributed by atoms with Gasteiger partial charge in [-0.15, -0.1) is 0 Å². The smallest absolute Gasteiger partial charge is 0.326 e. The zero-order chi connectivity index (χ0) is 17.8. The fourth-order valence-electron chi connectivity index (χ4n) is 4.30. The lowest BCUT2D eigenvalue weighted by Gasteiger charge is -2.24. The number of rotatable bonds is 7. The minimum Gasteiger partial charge on any atom is -0.494 e. The molecule has 25 heavy (non-hydrogen) atoms. The van der Waals surface area contributed by atoms with E-state index in [1.54, 1.807) is 4.90 Å². The van der Waals surface area contributed by atoms with Gasteiger partial charge in [-0.25, -0.2) is 4.79 Å². The molecule has 1 heterocycles. The maximum Gasteiger partial charge on any atom is 0.326 e. The number of carboxylic acids is 1. The average molecular weight is 345 g/mol. The SMILES string of the molecule is Cc1cccc(OCCCCC(=O)N2CC3CCCC3C2C(=O)O)c1. The van der Waals surface area contributed by atoms with Crippen LogP contribution in [0.4, 0.5) is 0 Å². The first-order valence-corrected chi connectivity index (χ1v) is 9.28. The maximum atomic E-state index is 12.5. The van der Waals surface area contributed by atoms with Crippen LogP contribution in [0.3, 0.4) is 0 Å². The number of likely N-dealkylation sites (tertiary alicyclic amines) is 1. The van der Waals surface area contributed by atoms with Crippen LogP contribution < -0.4 is 4.74 Å². The second-order valence-electron chi connectivity index (χ2n) is 7.31. The molecule has 2 fully saturated rings. The molecule has 0 radical (unpaired) electrons. The largest absolute Gasteiger partial charge is 0.494 e. The van der Waals surface area contributed by atoms with Crippen LogP contribution in [0, 0.1) is 18.8 Å². The van der Waals surface area contributed by atoms with Crippen LogP contribution in [0.25, 0.3) is 0 Å². The molecular weight excluding hydrogens is 318 g/mol. The number of hydrogen-bond acceptors (Lipinski definition) is 3. The molecule has 1 N–H and O–H groups in total. The number of hydrogen-bond donors (Lipinski definition) is 1. The van der Waals surface area contributed by atoms with Crippen LogP contribution in [0.15, 0.2) is 24.3 Å². The Hall–Kier alpha value is -2.04. The first-order valence-electron chi connectivity index (χ1n) is 9.28. The summed E-state index contributed by atoms with van der Waals surface area (Å²) in [5.74, 6) is 0.535. The molecular formula is C20H27NO4. The summed E-state index contributed by atoms with van der Waals surface area (Å²) in [5, 5.41) is 9.52. The molecule has 5 heteroatoms. The minimum atomic E-state index is -0.842. The third kappa shape index (κ3) is 4.14. The first kappa shape index (κ1) is 17.8. The van der Waals surface area contributed by atoms with Crippen molar-refractivity contribution in [3.05, 3.63) is 29.8 Å². The number of aliphatic carboxylic acids is 1. The summed E-state index contributed by atoms with van der Waals surface area (Å²) in [6.45, 7) is 3.22. The predicted molar refractivity (Wildman–Crippen MR) is 94.5 cm³/mol. The van der Waals surface area contributed by atoms with Crippen LogP contribution >= 0.6 is 0 Å². The molecule has 2 aliphatic rings. The third-order valence-electron chi connectivity index (χ3n) is 5.51. The number of aryl methyl sites for hydroxylation is 1. The Morgan fingerprint density at radius 2 is 2.12 bits per heavy atom. The number of carbonyl (C=O) groups excluding carboxylic acids is 1. The number of ether oxygens (including phenoxy) is 1. The molecule has 1 aromatic rings. The molecule has 0 bridgehead atoms. The van der Waals surface area contributed by atoms with Crippen LogP contribution in [-0.2, 0) is 9.59 Å². The van der Waals surface area contributed by atoms with Crippen molar-refractivity contribution in [2.75, 3.05) is 13.2 Å². The van der Waals surface area contributed by atoms with Gasteiger partial charge in [-0.1, -0.05) is 18.6 Å². The fourth-order valence-corrected chi connectivity index (χ4v) is 4.30. The van der Waals surface area contributed by atoms with E-state index >= 15 is 0 Å². The van der Waals surface area contributed by atoms with Crippen molar-refractivity contribution in [3.63, 3.8) is 0 Å². The summed E-state index contributed by atoms with van der Waals surface area (Å²) in [7, 11) is 0. The molecule has 0 spiro atoms. The van der Waals surface area contributed by atoms with E-state index in [2.05, 4.69) is 0 Å². The van der Waals surface area contributed by atoms with Gasteiger partial charge in [-0.2, -0.15) is 0 Å². The Labute approximate surface area is 149 Å². The lowest BCUT2D eigenvalue weighted by atomic mass is 9.94. The van der Waals surface area contributed by atoms with Crippen LogP contribution in [0.2, 0.25) is 0 Å². The second kappa shape index (κ2) is 7.89. The second-order valence-corrected chi connectivity index (χ2v) is 7.31. The Kier molecular flexibility index (Phi) is 5.61. The van der Waals surface area contributed by atoms with Crippen molar-refractivity contribution in [1.82, 2.24) is 4.90 Å². The number of unbranched alkanes of at least 4 members (excludes halogenated alkanes) is 1. The summed E-state index contributed by atoms with van der Waals surface area (Å²) in [6.07, 6.45) is 5.01. The third-order valence-corrected chi connectivity index (χ3v) is 5.51. The molecule has 136 valence electrons. The highest BCUT2D eigenvalue weighted by Gasteiger charge is 2.49. The van der Waals surface area contributed by atoms with Gasteiger partial charge in [-0.3, -0.25) is 4.79 Å². The molecule has 1 aromatic carbocycles. The van der Waals surface area contributed by atoms with Gasteiger partial charge in [0.25, 0.3) is 0 Å².